The van der Waals surface area contributed by atoms with Crippen LogP contribution in [0.3, 0.4) is 0 Å². The van der Waals surface area contributed by atoms with Gasteiger partial charge in [-0.3, -0.25) is 9.52 Å². The number of halogens is 2. The molecule has 2 rings (SSSR count). The average molecular weight is 411 g/mol. The molecule has 1 amide bonds. The van der Waals surface area contributed by atoms with Gasteiger partial charge in [0.2, 0.25) is 5.91 Å². The third-order valence-corrected chi connectivity index (χ3v) is 5.33. The van der Waals surface area contributed by atoms with E-state index in [0.29, 0.717) is 5.69 Å². The van der Waals surface area contributed by atoms with Crippen LogP contribution in [0.5, 0.6) is 0 Å². The number of carbonyl (C=O) groups is 1. The summed E-state index contributed by atoms with van der Waals surface area (Å²) in [6.07, 6.45) is 6.37. The second kappa shape index (κ2) is 8.89. The van der Waals surface area contributed by atoms with E-state index in [4.69, 9.17) is 23.2 Å². The van der Waals surface area contributed by atoms with Gasteiger partial charge in [-0.2, -0.15) is 0 Å². The quantitative estimate of drug-likeness (QED) is 0.526. The van der Waals surface area contributed by atoms with Crippen LogP contribution in [0.15, 0.2) is 71.7 Å². The number of anilines is 2. The Bertz CT molecular complexity index is 970. The predicted molar refractivity (Wildman–Crippen MR) is 106 cm³/mol. The fourth-order valence-electron chi connectivity index (χ4n) is 1.97. The summed E-state index contributed by atoms with van der Waals surface area (Å²) in [5.74, 6) is -0.396. The lowest BCUT2D eigenvalue weighted by Gasteiger charge is -2.12. The smallest absolute Gasteiger partial charge is 0.263 e. The van der Waals surface area contributed by atoms with Crippen LogP contribution >= 0.6 is 23.2 Å². The van der Waals surface area contributed by atoms with Crippen LogP contribution in [0.25, 0.3) is 0 Å². The van der Waals surface area contributed by atoms with Gasteiger partial charge in [0.05, 0.1) is 15.7 Å². The number of hydrogen-bond donors (Lipinski definition) is 2. The maximum atomic E-state index is 12.6. The van der Waals surface area contributed by atoms with Gasteiger partial charge in [0.15, 0.2) is 0 Å². The highest BCUT2D eigenvalue weighted by Crippen LogP contribution is 2.29. The van der Waals surface area contributed by atoms with Crippen LogP contribution < -0.4 is 10.0 Å². The number of nitrogens with one attached hydrogen (secondary N) is 2. The van der Waals surface area contributed by atoms with E-state index in [2.05, 4.69) is 10.0 Å². The maximum absolute atomic E-state index is 12.6. The van der Waals surface area contributed by atoms with Crippen molar-refractivity contribution in [2.75, 3.05) is 10.0 Å². The number of allylic oxidation sites excluding steroid dienone is 3. The second-order valence-electron chi connectivity index (χ2n) is 5.10. The van der Waals surface area contributed by atoms with Crippen molar-refractivity contribution in [3.05, 3.63) is 76.8 Å². The van der Waals surface area contributed by atoms with Gasteiger partial charge >= 0.3 is 0 Å². The molecule has 2 N–H and O–H groups in total. The first-order valence-corrected chi connectivity index (χ1v) is 9.74. The lowest BCUT2D eigenvalue weighted by molar-refractivity contribution is -0.111. The topological polar surface area (TPSA) is 75.3 Å². The summed E-state index contributed by atoms with van der Waals surface area (Å²) in [7, 11) is -3.99. The maximum Gasteiger partial charge on any atom is 0.263 e. The Morgan fingerprint density at radius 1 is 1.04 bits per heavy atom. The molecule has 0 heterocycles. The van der Waals surface area contributed by atoms with Gasteiger partial charge in [0, 0.05) is 11.8 Å². The lowest BCUT2D eigenvalue weighted by atomic mass is 10.3. The molecule has 0 aliphatic heterocycles. The van der Waals surface area contributed by atoms with Gasteiger partial charge in [0.1, 0.15) is 4.90 Å². The van der Waals surface area contributed by atoms with Gasteiger partial charge in [-0.15, -0.1) is 0 Å². The van der Waals surface area contributed by atoms with Crippen LogP contribution in [0.4, 0.5) is 11.4 Å². The minimum Gasteiger partial charge on any atom is -0.322 e. The Balaban J connectivity index is 2.28. The van der Waals surface area contributed by atoms with Crippen LogP contribution in [0, 0.1) is 0 Å². The standard InChI is InChI=1S/C18H16Cl2N2O3S/c1-2-3-4-9-18(23)21-13-10-11-15(20)17(12-13)26(24,25)22-16-8-6-5-7-14(16)19/h2-12,22H,1H3,(H,21,23)/b3-2+,9-4+. The van der Waals surface area contributed by atoms with E-state index in [1.807, 2.05) is 6.92 Å². The number of amides is 1. The fraction of sp³-hybridized carbons (Fsp3) is 0.0556. The zero-order valence-electron chi connectivity index (χ0n) is 13.7. The summed E-state index contributed by atoms with van der Waals surface area (Å²) in [4.78, 5) is 11.6. The molecule has 8 heteroatoms. The lowest BCUT2D eigenvalue weighted by Crippen LogP contribution is -2.15. The van der Waals surface area contributed by atoms with Crippen molar-refractivity contribution < 1.29 is 13.2 Å². The Hall–Kier alpha value is -2.28. The van der Waals surface area contributed by atoms with Gasteiger partial charge in [-0.05, 0) is 37.3 Å². The average Bonchev–Trinajstić information content (AvgIpc) is 2.58. The molecular weight excluding hydrogens is 395 g/mol. The highest BCUT2D eigenvalue weighted by atomic mass is 35.5. The molecule has 2 aromatic carbocycles. The summed E-state index contributed by atoms with van der Waals surface area (Å²) < 4.78 is 27.7. The first-order valence-electron chi connectivity index (χ1n) is 7.51. The molecule has 0 fully saturated rings. The molecule has 0 bridgehead atoms. The molecule has 0 unspecified atom stereocenters. The van der Waals surface area contributed by atoms with E-state index < -0.39 is 15.9 Å². The minimum absolute atomic E-state index is 0.0204. The number of sulfonamides is 1. The summed E-state index contributed by atoms with van der Waals surface area (Å²) in [6.45, 7) is 1.82. The number of para-hydroxylation sites is 1. The van der Waals surface area contributed by atoms with Crippen molar-refractivity contribution in [2.24, 2.45) is 0 Å². The van der Waals surface area contributed by atoms with Crippen LogP contribution in [0.1, 0.15) is 6.92 Å². The number of rotatable bonds is 6. The zero-order valence-corrected chi connectivity index (χ0v) is 16.1. The molecule has 0 aliphatic carbocycles. The third-order valence-electron chi connectivity index (χ3n) is 3.16. The predicted octanol–water partition coefficient (Wildman–Crippen LogP) is 4.87. The van der Waals surface area contributed by atoms with E-state index in [1.165, 1.54) is 30.3 Å². The highest BCUT2D eigenvalue weighted by Gasteiger charge is 2.20. The third kappa shape index (κ3) is 5.36. The number of hydrogen-bond acceptors (Lipinski definition) is 3. The summed E-state index contributed by atoms with van der Waals surface area (Å²) in [6, 6.07) is 10.6. The molecule has 0 saturated carbocycles. The molecule has 0 saturated heterocycles. The van der Waals surface area contributed by atoms with Crippen molar-refractivity contribution in [3.8, 4) is 0 Å². The molecule has 0 radical (unpaired) electrons. The Morgan fingerprint density at radius 3 is 2.46 bits per heavy atom. The van der Waals surface area contributed by atoms with Crippen molar-refractivity contribution in [1.29, 1.82) is 0 Å². The van der Waals surface area contributed by atoms with E-state index in [0.717, 1.165) is 0 Å². The molecule has 26 heavy (non-hydrogen) atoms. The summed E-state index contributed by atoms with van der Waals surface area (Å²) in [5.41, 5.74) is 0.526. The molecule has 0 spiro atoms. The fourth-order valence-corrected chi connectivity index (χ4v) is 3.81. The molecule has 136 valence electrons. The SMILES string of the molecule is C/C=C/C=C/C(=O)Nc1ccc(Cl)c(S(=O)(=O)Nc2ccccc2Cl)c1. The monoisotopic (exact) mass is 410 g/mol. The molecule has 0 aliphatic rings. The van der Waals surface area contributed by atoms with Gasteiger partial charge < -0.3 is 5.32 Å². The minimum atomic E-state index is -3.99. The van der Waals surface area contributed by atoms with E-state index in [1.54, 1.807) is 36.4 Å². The van der Waals surface area contributed by atoms with Crippen LogP contribution in [-0.4, -0.2) is 14.3 Å². The Morgan fingerprint density at radius 2 is 1.77 bits per heavy atom. The first-order chi connectivity index (χ1) is 12.3. The molecule has 0 aromatic heterocycles. The number of carbonyl (C=O) groups excluding carboxylic acids is 1. The second-order valence-corrected chi connectivity index (χ2v) is 7.57. The van der Waals surface area contributed by atoms with E-state index in [-0.39, 0.29) is 20.6 Å². The van der Waals surface area contributed by atoms with Gasteiger partial charge in [-0.1, -0.05) is 53.6 Å². The van der Waals surface area contributed by atoms with Crippen molar-refractivity contribution >= 4 is 50.5 Å². The van der Waals surface area contributed by atoms with Crippen molar-refractivity contribution in [2.45, 2.75) is 11.8 Å². The number of benzene rings is 2. The molecular formula is C18H16Cl2N2O3S. The first kappa shape index (κ1) is 20.0. The molecule has 0 atom stereocenters. The molecule has 5 nitrogen and oxygen atoms in total. The van der Waals surface area contributed by atoms with Crippen LogP contribution in [-0.2, 0) is 14.8 Å². The summed E-state index contributed by atoms with van der Waals surface area (Å²) >= 11 is 12.0. The van der Waals surface area contributed by atoms with Crippen LogP contribution in [0.2, 0.25) is 10.0 Å². The van der Waals surface area contributed by atoms with Crippen molar-refractivity contribution in [1.82, 2.24) is 0 Å². The highest BCUT2D eigenvalue weighted by molar-refractivity contribution is 7.92. The Labute approximate surface area is 162 Å². The van der Waals surface area contributed by atoms with E-state index in [9.17, 15) is 13.2 Å². The van der Waals surface area contributed by atoms with Gasteiger partial charge in [-0.25, -0.2) is 8.42 Å². The largest absolute Gasteiger partial charge is 0.322 e. The normalized spacial score (nSPS) is 11.8. The van der Waals surface area contributed by atoms with Crippen molar-refractivity contribution in [3.63, 3.8) is 0 Å². The van der Waals surface area contributed by atoms with Gasteiger partial charge in [0.25, 0.3) is 10.0 Å². The Kier molecular flexibility index (Phi) is 6.85. The van der Waals surface area contributed by atoms with E-state index >= 15 is 0 Å². The summed E-state index contributed by atoms with van der Waals surface area (Å²) in [5, 5.41) is 2.85. The zero-order chi connectivity index (χ0) is 19.2. The molecule has 2 aromatic rings.